The Kier molecular flexibility index (Phi) is 5.43. The molecule has 4 rings (SSSR count). The van der Waals surface area contributed by atoms with Crippen LogP contribution in [0.1, 0.15) is 37.3 Å². The average molecular weight is 441 g/mol. The summed E-state index contributed by atoms with van der Waals surface area (Å²) >= 11 is 3.42. The monoisotopic (exact) mass is 440 g/mol. The normalized spacial score (nSPS) is 16.4. The molecule has 0 saturated carbocycles. The summed E-state index contributed by atoms with van der Waals surface area (Å²) in [7, 11) is 0. The van der Waals surface area contributed by atoms with Crippen molar-refractivity contribution in [3.8, 4) is 11.4 Å². The van der Waals surface area contributed by atoms with Crippen LogP contribution >= 0.6 is 15.9 Å². The first-order valence-corrected chi connectivity index (χ1v) is 10.2. The topological polar surface area (TPSA) is 71.3 Å². The van der Waals surface area contributed by atoms with Gasteiger partial charge in [0.1, 0.15) is 6.04 Å². The molecule has 1 unspecified atom stereocenters. The number of carbonyl (C=O) groups excluding carboxylic acids is 1. The third-order valence-corrected chi connectivity index (χ3v) is 5.48. The Labute approximate surface area is 172 Å². The fraction of sp³-hybridized carbons (Fsp3) is 0.286. The lowest BCUT2D eigenvalue weighted by Crippen LogP contribution is -2.34. The second-order valence-corrected chi connectivity index (χ2v) is 7.71. The molecule has 1 saturated heterocycles. The van der Waals surface area contributed by atoms with Crippen molar-refractivity contribution in [1.82, 2.24) is 15.0 Å². The van der Waals surface area contributed by atoms with Crippen LogP contribution in [0.5, 0.6) is 0 Å². The van der Waals surface area contributed by atoms with Gasteiger partial charge >= 0.3 is 6.03 Å². The molecule has 0 bridgehead atoms. The molecule has 0 spiro atoms. The number of rotatable bonds is 4. The molecule has 1 N–H and O–H groups in total. The van der Waals surface area contributed by atoms with Gasteiger partial charge in [-0.1, -0.05) is 40.1 Å². The smallest absolute Gasteiger partial charge is 0.322 e. The number of hydrogen-bond donors (Lipinski definition) is 1. The molecule has 6 nitrogen and oxygen atoms in total. The van der Waals surface area contributed by atoms with E-state index < -0.39 is 0 Å². The highest BCUT2D eigenvalue weighted by Gasteiger charge is 2.34. The maximum absolute atomic E-state index is 12.8. The zero-order valence-corrected chi connectivity index (χ0v) is 17.1. The Morgan fingerprint density at radius 3 is 2.68 bits per heavy atom. The second-order valence-electron chi connectivity index (χ2n) is 6.80. The van der Waals surface area contributed by atoms with Gasteiger partial charge in [-0.05, 0) is 61.2 Å². The number of hydrogen-bond acceptors (Lipinski definition) is 4. The Morgan fingerprint density at radius 2 is 1.96 bits per heavy atom. The summed E-state index contributed by atoms with van der Waals surface area (Å²) in [4.78, 5) is 19.1. The number of benzene rings is 2. The number of amides is 2. The highest BCUT2D eigenvalue weighted by atomic mass is 79.9. The predicted octanol–water partition coefficient (Wildman–Crippen LogP) is 5.43. The van der Waals surface area contributed by atoms with E-state index in [2.05, 4.69) is 38.3 Å². The van der Waals surface area contributed by atoms with Crippen LogP contribution in [-0.4, -0.2) is 27.6 Å². The summed E-state index contributed by atoms with van der Waals surface area (Å²) in [5.41, 5.74) is 2.90. The number of urea groups is 1. The van der Waals surface area contributed by atoms with Crippen LogP contribution < -0.4 is 5.32 Å². The Morgan fingerprint density at radius 1 is 1.21 bits per heavy atom. The van der Waals surface area contributed by atoms with E-state index in [1.54, 1.807) is 4.90 Å². The lowest BCUT2D eigenvalue weighted by atomic mass is 10.1. The van der Waals surface area contributed by atoms with Gasteiger partial charge in [0, 0.05) is 22.3 Å². The molecule has 1 aliphatic heterocycles. The standard InChI is InChI=1S/C21H21BrN4O2/c1-2-14-5-11-17(12-6-14)23-21(27)26-13-3-4-18(26)20-24-19(25-28-20)15-7-9-16(22)10-8-15/h5-12,18H,2-4,13H2,1H3,(H,23,27). The van der Waals surface area contributed by atoms with Gasteiger partial charge in [-0.3, -0.25) is 0 Å². The first-order chi connectivity index (χ1) is 13.6. The van der Waals surface area contributed by atoms with Crippen molar-refractivity contribution in [3.05, 3.63) is 64.5 Å². The van der Waals surface area contributed by atoms with E-state index >= 15 is 0 Å². The van der Waals surface area contributed by atoms with E-state index in [-0.39, 0.29) is 12.1 Å². The number of carbonyl (C=O) groups is 1. The van der Waals surface area contributed by atoms with Crippen LogP contribution in [-0.2, 0) is 6.42 Å². The van der Waals surface area contributed by atoms with Crippen molar-refractivity contribution < 1.29 is 9.32 Å². The van der Waals surface area contributed by atoms with Crippen LogP contribution in [0.4, 0.5) is 10.5 Å². The van der Waals surface area contributed by atoms with Crippen molar-refractivity contribution in [2.75, 3.05) is 11.9 Å². The number of anilines is 1. The van der Waals surface area contributed by atoms with Gasteiger partial charge in [0.05, 0.1) is 0 Å². The molecule has 1 fully saturated rings. The maximum atomic E-state index is 12.8. The van der Waals surface area contributed by atoms with Crippen molar-refractivity contribution in [3.63, 3.8) is 0 Å². The molecular formula is C21H21BrN4O2. The SMILES string of the molecule is CCc1ccc(NC(=O)N2CCCC2c2nc(-c3ccc(Br)cc3)no2)cc1. The molecule has 3 aromatic rings. The minimum absolute atomic E-state index is 0.143. The second kappa shape index (κ2) is 8.14. The largest absolute Gasteiger partial charge is 0.337 e. The summed E-state index contributed by atoms with van der Waals surface area (Å²) in [6.45, 7) is 2.77. The number of nitrogens with zero attached hydrogens (tertiary/aromatic N) is 3. The maximum Gasteiger partial charge on any atom is 0.322 e. The predicted molar refractivity (Wildman–Crippen MR) is 111 cm³/mol. The Balaban J connectivity index is 1.48. The summed E-state index contributed by atoms with van der Waals surface area (Å²) in [6.07, 6.45) is 2.69. The number of aromatic nitrogens is 2. The van der Waals surface area contributed by atoms with Gasteiger partial charge in [-0.2, -0.15) is 4.98 Å². The molecule has 7 heteroatoms. The van der Waals surface area contributed by atoms with Crippen LogP contribution in [0.2, 0.25) is 0 Å². The van der Waals surface area contributed by atoms with Gasteiger partial charge in [-0.15, -0.1) is 0 Å². The fourth-order valence-corrected chi connectivity index (χ4v) is 3.64. The minimum atomic E-state index is -0.202. The van der Waals surface area contributed by atoms with Crippen LogP contribution in [0.25, 0.3) is 11.4 Å². The third-order valence-electron chi connectivity index (χ3n) is 4.96. The molecule has 28 heavy (non-hydrogen) atoms. The van der Waals surface area contributed by atoms with E-state index in [1.807, 2.05) is 48.5 Å². The summed E-state index contributed by atoms with van der Waals surface area (Å²) < 4.78 is 6.49. The third kappa shape index (κ3) is 3.94. The van der Waals surface area contributed by atoms with Gasteiger partial charge in [0.2, 0.25) is 11.7 Å². The first-order valence-electron chi connectivity index (χ1n) is 9.40. The Hall–Kier alpha value is -2.67. The lowest BCUT2D eigenvalue weighted by Gasteiger charge is -2.22. The number of likely N-dealkylation sites (tertiary alicyclic amines) is 1. The van der Waals surface area contributed by atoms with E-state index in [1.165, 1.54) is 5.56 Å². The molecule has 1 aliphatic rings. The van der Waals surface area contributed by atoms with Gasteiger partial charge < -0.3 is 14.7 Å². The van der Waals surface area contributed by atoms with Crippen molar-refractivity contribution in [1.29, 1.82) is 0 Å². The zero-order chi connectivity index (χ0) is 19.5. The fourth-order valence-electron chi connectivity index (χ4n) is 3.37. The van der Waals surface area contributed by atoms with E-state index in [9.17, 15) is 4.79 Å². The van der Waals surface area contributed by atoms with Gasteiger partial charge in [0.15, 0.2) is 0 Å². The Bertz CT molecular complexity index is 953. The lowest BCUT2D eigenvalue weighted by molar-refractivity contribution is 0.193. The number of aryl methyl sites for hydroxylation is 1. The molecule has 2 heterocycles. The molecule has 0 aliphatic carbocycles. The zero-order valence-electron chi connectivity index (χ0n) is 15.6. The molecule has 0 radical (unpaired) electrons. The molecule has 1 atom stereocenters. The van der Waals surface area contributed by atoms with E-state index in [0.29, 0.717) is 18.3 Å². The number of halogens is 1. The first kappa shape index (κ1) is 18.7. The van der Waals surface area contributed by atoms with E-state index in [4.69, 9.17) is 4.52 Å². The van der Waals surface area contributed by atoms with Crippen LogP contribution in [0, 0.1) is 0 Å². The van der Waals surface area contributed by atoms with Crippen molar-refractivity contribution in [2.45, 2.75) is 32.2 Å². The van der Waals surface area contributed by atoms with E-state index in [0.717, 1.165) is 35.0 Å². The van der Waals surface area contributed by atoms with Crippen molar-refractivity contribution >= 4 is 27.6 Å². The summed E-state index contributed by atoms with van der Waals surface area (Å²) in [5.74, 6) is 1.01. The highest BCUT2D eigenvalue weighted by molar-refractivity contribution is 9.10. The summed E-state index contributed by atoms with van der Waals surface area (Å²) in [6, 6.07) is 15.3. The molecule has 144 valence electrons. The molecular weight excluding hydrogens is 420 g/mol. The summed E-state index contributed by atoms with van der Waals surface area (Å²) in [5, 5.41) is 7.07. The minimum Gasteiger partial charge on any atom is -0.337 e. The molecule has 2 amide bonds. The number of nitrogens with one attached hydrogen (secondary N) is 1. The van der Waals surface area contributed by atoms with Crippen LogP contribution in [0.15, 0.2) is 57.5 Å². The highest BCUT2D eigenvalue weighted by Crippen LogP contribution is 2.32. The molecule has 2 aromatic carbocycles. The molecule has 1 aromatic heterocycles. The average Bonchev–Trinajstić information content (AvgIpc) is 3.38. The van der Waals surface area contributed by atoms with Gasteiger partial charge in [-0.25, -0.2) is 4.79 Å². The quantitative estimate of drug-likeness (QED) is 0.586. The van der Waals surface area contributed by atoms with Gasteiger partial charge in [0.25, 0.3) is 0 Å². The van der Waals surface area contributed by atoms with Crippen molar-refractivity contribution in [2.24, 2.45) is 0 Å². The van der Waals surface area contributed by atoms with Crippen LogP contribution in [0.3, 0.4) is 0 Å².